The summed E-state index contributed by atoms with van der Waals surface area (Å²) < 4.78 is 0. The smallest absolute Gasteiger partial charge is 0.227 e. The Kier molecular flexibility index (Phi) is 6.24. The lowest BCUT2D eigenvalue weighted by Crippen LogP contribution is -2.32. The van der Waals surface area contributed by atoms with Crippen LogP contribution in [0.1, 0.15) is 69.6 Å². The Labute approximate surface area is 151 Å². The summed E-state index contributed by atoms with van der Waals surface area (Å²) in [6.45, 7) is 10.9. The number of aromatic hydroxyl groups is 1. The zero-order valence-electron chi connectivity index (χ0n) is 15.9. The van der Waals surface area contributed by atoms with Crippen LogP contribution in [0.4, 0.5) is 5.69 Å². The molecule has 3 nitrogen and oxygen atoms in total. The molecule has 2 aromatic carbocycles. The van der Waals surface area contributed by atoms with Crippen LogP contribution < -0.4 is 4.90 Å². The fourth-order valence-corrected chi connectivity index (χ4v) is 3.12. The van der Waals surface area contributed by atoms with Gasteiger partial charge in [0.05, 0.1) is 12.2 Å². The van der Waals surface area contributed by atoms with E-state index in [0.717, 1.165) is 11.3 Å². The van der Waals surface area contributed by atoms with E-state index in [1.165, 1.54) is 11.1 Å². The predicted molar refractivity (Wildman–Crippen MR) is 104 cm³/mol. The fourth-order valence-electron chi connectivity index (χ4n) is 3.12. The van der Waals surface area contributed by atoms with Crippen molar-refractivity contribution < 1.29 is 9.90 Å². The zero-order valence-corrected chi connectivity index (χ0v) is 15.9. The van der Waals surface area contributed by atoms with E-state index >= 15 is 0 Å². The number of phenols is 1. The number of hydrogen-bond acceptors (Lipinski definition) is 2. The molecule has 0 aliphatic rings. The number of carbonyl (C=O) groups is 1. The summed E-state index contributed by atoms with van der Waals surface area (Å²) in [4.78, 5) is 14.7. The van der Waals surface area contributed by atoms with Crippen LogP contribution in [-0.4, -0.2) is 11.0 Å². The van der Waals surface area contributed by atoms with E-state index in [0.29, 0.717) is 24.8 Å². The second-order valence-corrected chi connectivity index (χ2v) is 7.06. The van der Waals surface area contributed by atoms with Crippen molar-refractivity contribution in [3.05, 3.63) is 59.2 Å². The summed E-state index contributed by atoms with van der Waals surface area (Å²) in [5.74, 6) is 0.915. The van der Waals surface area contributed by atoms with Crippen LogP contribution in [0.2, 0.25) is 0 Å². The van der Waals surface area contributed by atoms with Gasteiger partial charge >= 0.3 is 0 Å². The molecular weight excluding hydrogens is 310 g/mol. The van der Waals surface area contributed by atoms with Crippen LogP contribution in [0.15, 0.2) is 42.5 Å². The average Bonchev–Trinajstić information content (AvgIpc) is 2.59. The highest BCUT2D eigenvalue weighted by atomic mass is 16.3. The first-order valence-corrected chi connectivity index (χ1v) is 9.06. The number of benzene rings is 2. The molecule has 0 aliphatic carbocycles. The molecule has 0 bridgehead atoms. The molecule has 134 valence electrons. The highest BCUT2D eigenvalue weighted by molar-refractivity contribution is 5.95. The normalized spacial score (nSPS) is 11.2. The molecule has 2 rings (SSSR count). The molecule has 0 radical (unpaired) electrons. The number of nitrogens with zero attached hydrogens (tertiary/aromatic N) is 1. The maximum absolute atomic E-state index is 12.8. The molecule has 0 atom stereocenters. The van der Waals surface area contributed by atoms with Gasteiger partial charge in [-0.2, -0.15) is 0 Å². The van der Waals surface area contributed by atoms with Gasteiger partial charge in [-0.1, -0.05) is 71.0 Å². The van der Waals surface area contributed by atoms with Crippen molar-refractivity contribution in [1.82, 2.24) is 0 Å². The lowest BCUT2D eigenvalue weighted by molar-refractivity contribution is -0.118. The van der Waals surface area contributed by atoms with E-state index in [1.54, 1.807) is 12.1 Å². The number of phenolic OH excluding ortho intramolecular Hbond substituents is 1. The number of hydrogen-bond donors (Lipinski definition) is 1. The van der Waals surface area contributed by atoms with Crippen LogP contribution in [-0.2, 0) is 11.3 Å². The maximum atomic E-state index is 12.8. The van der Waals surface area contributed by atoms with Gasteiger partial charge in [0.15, 0.2) is 0 Å². The van der Waals surface area contributed by atoms with E-state index in [-0.39, 0.29) is 11.7 Å². The third-order valence-electron chi connectivity index (χ3n) is 4.54. The maximum Gasteiger partial charge on any atom is 0.227 e. The second-order valence-electron chi connectivity index (χ2n) is 7.06. The molecule has 0 saturated carbocycles. The number of carbonyl (C=O) groups excluding carboxylic acids is 1. The van der Waals surface area contributed by atoms with E-state index in [1.807, 2.05) is 24.0 Å². The minimum atomic E-state index is 0.0678. The van der Waals surface area contributed by atoms with Gasteiger partial charge in [0, 0.05) is 12.0 Å². The van der Waals surface area contributed by atoms with Crippen molar-refractivity contribution in [1.29, 1.82) is 0 Å². The topological polar surface area (TPSA) is 40.5 Å². The fraction of sp³-hybridized carbons (Fsp3) is 0.409. The van der Waals surface area contributed by atoms with Gasteiger partial charge in [-0.25, -0.2) is 0 Å². The minimum absolute atomic E-state index is 0.0678. The van der Waals surface area contributed by atoms with Crippen molar-refractivity contribution in [2.75, 3.05) is 4.90 Å². The summed E-state index contributed by atoms with van der Waals surface area (Å²) in [5.41, 5.74) is 4.10. The van der Waals surface area contributed by atoms with E-state index in [9.17, 15) is 9.90 Å². The molecule has 3 heteroatoms. The summed E-state index contributed by atoms with van der Waals surface area (Å²) in [5, 5.41) is 10.2. The Morgan fingerprint density at radius 3 is 2.00 bits per heavy atom. The largest absolute Gasteiger partial charge is 0.508 e. The quantitative estimate of drug-likeness (QED) is 0.746. The molecule has 0 heterocycles. The summed E-state index contributed by atoms with van der Waals surface area (Å²) in [6.07, 6.45) is 0.428. The van der Waals surface area contributed by atoms with Crippen LogP contribution in [0.3, 0.4) is 0 Å². The lowest BCUT2D eigenvalue weighted by atomic mass is 9.91. The molecule has 0 saturated heterocycles. The van der Waals surface area contributed by atoms with Gasteiger partial charge in [-0.15, -0.1) is 0 Å². The minimum Gasteiger partial charge on any atom is -0.508 e. The van der Waals surface area contributed by atoms with Crippen molar-refractivity contribution in [2.45, 2.75) is 59.4 Å². The van der Waals surface area contributed by atoms with E-state index < -0.39 is 0 Å². The second kappa shape index (κ2) is 8.19. The van der Waals surface area contributed by atoms with Crippen molar-refractivity contribution in [2.24, 2.45) is 0 Å². The third kappa shape index (κ3) is 4.22. The van der Waals surface area contributed by atoms with E-state index in [2.05, 4.69) is 45.9 Å². The standard InChI is InChI=1S/C22H29NO2/c1-6-21(25)23(14-17-10-7-8-13-20(17)24)22-18(15(2)3)11-9-12-19(22)16(4)5/h7-13,15-16,24H,6,14H2,1-5H3. The third-order valence-corrected chi connectivity index (χ3v) is 4.54. The highest BCUT2D eigenvalue weighted by Gasteiger charge is 2.24. The van der Waals surface area contributed by atoms with Gasteiger partial charge in [-0.05, 0) is 29.0 Å². The monoisotopic (exact) mass is 339 g/mol. The summed E-state index contributed by atoms with van der Waals surface area (Å²) in [6, 6.07) is 13.5. The van der Waals surface area contributed by atoms with Crippen molar-refractivity contribution in [3.8, 4) is 5.75 Å². The predicted octanol–water partition coefficient (Wildman–Crippen LogP) is 5.58. The number of amides is 1. The Morgan fingerprint density at radius 2 is 1.52 bits per heavy atom. The molecule has 1 N–H and O–H groups in total. The SMILES string of the molecule is CCC(=O)N(Cc1ccccc1O)c1c(C(C)C)cccc1C(C)C. The van der Waals surface area contributed by atoms with Gasteiger partial charge in [0.25, 0.3) is 0 Å². The average molecular weight is 339 g/mol. The first-order chi connectivity index (χ1) is 11.9. The molecule has 0 aromatic heterocycles. The Morgan fingerprint density at radius 1 is 0.960 bits per heavy atom. The van der Waals surface area contributed by atoms with Crippen molar-refractivity contribution >= 4 is 11.6 Å². The van der Waals surface area contributed by atoms with E-state index in [4.69, 9.17) is 0 Å². The van der Waals surface area contributed by atoms with Crippen LogP contribution >= 0.6 is 0 Å². The first-order valence-electron chi connectivity index (χ1n) is 9.06. The number of para-hydroxylation sites is 2. The van der Waals surface area contributed by atoms with Gasteiger partial charge < -0.3 is 10.0 Å². The summed E-state index contributed by atoms with van der Waals surface area (Å²) in [7, 11) is 0. The molecule has 1 amide bonds. The Hall–Kier alpha value is -2.29. The van der Waals surface area contributed by atoms with Crippen LogP contribution in [0, 0.1) is 0 Å². The van der Waals surface area contributed by atoms with Gasteiger partial charge in [0.1, 0.15) is 5.75 Å². The molecule has 2 aromatic rings. The Balaban J connectivity index is 2.62. The molecule has 25 heavy (non-hydrogen) atoms. The molecule has 0 unspecified atom stereocenters. The van der Waals surface area contributed by atoms with Gasteiger partial charge in [0.2, 0.25) is 5.91 Å². The summed E-state index contributed by atoms with van der Waals surface area (Å²) >= 11 is 0. The molecule has 0 aliphatic heterocycles. The van der Waals surface area contributed by atoms with Crippen molar-refractivity contribution in [3.63, 3.8) is 0 Å². The van der Waals surface area contributed by atoms with Crippen LogP contribution in [0.5, 0.6) is 5.75 Å². The van der Waals surface area contributed by atoms with Crippen LogP contribution in [0.25, 0.3) is 0 Å². The Bertz CT molecular complexity index is 708. The molecular formula is C22H29NO2. The lowest BCUT2D eigenvalue weighted by Gasteiger charge is -2.30. The first kappa shape index (κ1) is 19.0. The molecule has 0 fully saturated rings. The number of rotatable bonds is 6. The number of anilines is 1. The molecule has 0 spiro atoms. The highest BCUT2D eigenvalue weighted by Crippen LogP contribution is 2.37. The van der Waals surface area contributed by atoms with Gasteiger partial charge in [-0.3, -0.25) is 4.79 Å². The zero-order chi connectivity index (χ0) is 18.6.